The van der Waals surface area contributed by atoms with Crippen molar-refractivity contribution in [2.24, 2.45) is 4.99 Å². The number of nitrogens with zero attached hydrogens (tertiary/aromatic N) is 3. The van der Waals surface area contributed by atoms with Gasteiger partial charge < -0.3 is 15.0 Å². The lowest BCUT2D eigenvalue weighted by molar-refractivity contribution is 0.281. The molecule has 0 spiro atoms. The van der Waals surface area contributed by atoms with Crippen molar-refractivity contribution in [1.82, 2.24) is 19.9 Å². The van der Waals surface area contributed by atoms with E-state index in [0.29, 0.717) is 25.7 Å². The van der Waals surface area contributed by atoms with Crippen molar-refractivity contribution in [2.45, 2.75) is 4.90 Å². The standard InChI is InChI=1S/C18H25N5O3S.HI/c1-19-18(23(2)13-14-26-16-7-4-3-5-8-16)21-11-12-22-27(24,25)17-9-6-10-20-15-17;/h3-10,15,22H,11-14H2,1-2H3,(H,19,21);1H. The molecular weight excluding hydrogens is 493 g/mol. The number of pyridine rings is 1. The lowest BCUT2D eigenvalue weighted by Crippen LogP contribution is -2.43. The van der Waals surface area contributed by atoms with Gasteiger partial charge >= 0.3 is 0 Å². The maximum Gasteiger partial charge on any atom is 0.242 e. The van der Waals surface area contributed by atoms with Gasteiger partial charge in [-0.05, 0) is 24.3 Å². The molecule has 0 saturated carbocycles. The SMILES string of the molecule is CN=C(NCCNS(=O)(=O)c1cccnc1)N(C)CCOc1ccccc1.I. The van der Waals surface area contributed by atoms with E-state index in [1.165, 1.54) is 18.5 Å². The van der Waals surface area contributed by atoms with Crippen LogP contribution in [0.3, 0.4) is 0 Å². The zero-order valence-corrected chi connectivity index (χ0v) is 19.1. The Hall–Kier alpha value is -1.92. The van der Waals surface area contributed by atoms with Crippen molar-refractivity contribution < 1.29 is 13.2 Å². The summed E-state index contributed by atoms with van der Waals surface area (Å²) in [6.45, 7) is 1.77. The molecule has 8 nitrogen and oxygen atoms in total. The van der Waals surface area contributed by atoms with E-state index in [1.54, 1.807) is 13.1 Å². The normalized spacial score (nSPS) is 11.4. The van der Waals surface area contributed by atoms with Crippen molar-refractivity contribution in [3.8, 4) is 5.75 Å². The van der Waals surface area contributed by atoms with Gasteiger partial charge in [-0.25, -0.2) is 13.1 Å². The summed E-state index contributed by atoms with van der Waals surface area (Å²) in [6, 6.07) is 12.7. The van der Waals surface area contributed by atoms with Gasteiger partial charge in [0.25, 0.3) is 0 Å². The van der Waals surface area contributed by atoms with Crippen molar-refractivity contribution >= 4 is 40.0 Å². The Bertz CT molecular complexity index is 820. The quantitative estimate of drug-likeness (QED) is 0.226. The number of hydrogen-bond donors (Lipinski definition) is 2. The van der Waals surface area contributed by atoms with Gasteiger partial charge in [-0.2, -0.15) is 0 Å². The van der Waals surface area contributed by atoms with E-state index in [1.807, 2.05) is 42.3 Å². The third kappa shape index (κ3) is 7.98. The monoisotopic (exact) mass is 519 g/mol. The third-order valence-electron chi connectivity index (χ3n) is 3.66. The van der Waals surface area contributed by atoms with E-state index in [4.69, 9.17) is 4.74 Å². The Labute approximate surface area is 183 Å². The van der Waals surface area contributed by atoms with E-state index in [9.17, 15) is 8.42 Å². The number of para-hydroxylation sites is 1. The molecule has 2 N–H and O–H groups in total. The number of likely N-dealkylation sites (N-methyl/N-ethyl adjacent to an activating group) is 1. The maximum absolute atomic E-state index is 12.1. The number of hydrogen-bond acceptors (Lipinski definition) is 5. The fourth-order valence-electron chi connectivity index (χ4n) is 2.26. The van der Waals surface area contributed by atoms with Crippen molar-refractivity contribution in [1.29, 1.82) is 0 Å². The number of halogens is 1. The highest BCUT2D eigenvalue weighted by Crippen LogP contribution is 2.07. The molecule has 0 unspecified atom stereocenters. The van der Waals surface area contributed by atoms with Gasteiger partial charge in [0.1, 0.15) is 17.3 Å². The minimum atomic E-state index is -3.56. The van der Waals surface area contributed by atoms with Gasteiger partial charge in [-0.3, -0.25) is 9.98 Å². The summed E-state index contributed by atoms with van der Waals surface area (Å²) in [4.78, 5) is 10.1. The molecule has 0 atom stereocenters. The Balaban J connectivity index is 0.00000392. The molecule has 0 amide bonds. The average molecular weight is 519 g/mol. The van der Waals surface area contributed by atoms with E-state index in [-0.39, 0.29) is 35.4 Å². The topological polar surface area (TPSA) is 95.9 Å². The molecule has 0 aliphatic rings. The molecule has 0 fully saturated rings. The first-order chi connectivity index (χ1) is 13.0. The summed E-state index contributed by atoms with van der Waals surface area (Å²) in [7, 11) is 0.0136. The first kappa shape index (κ1) is 24.1. The van der Waals surface area contributed by atoms with E-state index in [2.05, 4.69) is 20.0 Å². The highest BCUT2D eigenvalue weighted by Gasteiger charge is 2.13. The Morgan fingerprint density at radius 3 is 2.57 bits per heavy atom. The van der Waals surface area contributed by atoms with Crippen LogP contribution in [0.5, 0.6) is 5.75 Å². The molecule has 154 valence electrons. The number of nitrogens with one attached hydrogen (secondary N) is 2. The lowest BCUT2D eigenvalue weighted by atomic mass is 10.3. The van der Waals surface area contributed by atoms with Crippen LogP contribution in [0, 0.1) is 0 Å². The minimum absolute atomic E-state index is 0. The van der Waals surface area contributed by atoms with Gasteiger partial charge in [-0.1, -0.05) is 18.2 Å². The minimum Gasteiger partial charge on any atom is -0.492 e. The maximum atomic E-state index is 12.1. The van der Waals surface area contributed by atoms with Crippen LogP contribution in [0.1, 0.15) is 0 Å². The zero-order chi connectivity index (χ0) is 19.5. The molecule has 1 heterocycles. The smallest absolute Gasteiger partial charge is 0.242 e. The molecule has 0 aliphatic heterocycles. The summed E-state index contributed by atoms with van der Waals surface area (Å²) < 4.78 is 32.4. The first-order valence-corrected chi connectivity index (χ1v) is 10.0. The Morgan fingerprint density at radius 2 is 1.93 bits per heavy atom. The van der Waals surface area contributed by atoms with E-state index >= 15 is 0 Å². The van der Waals surface area contributed by atoms with Crippen LogP contribution in [0.15, 0.2) is 64.7 Å². The summed E-state index contributed by atoms with van der Waals surface area (Å²) in [6.07, 6.45) is 2.84. The summed E-state index contributed by atoms with van der Waals surface area (Å²) >= 11 is 0. The second-order valence-electron chi connectivity index (χ2n) is 5.64. The number of ether oxygens (including phenoxy) is 1. The van der Waals surface area contributed by atoms with Gasteiger partial charge in [0.05, 0.1) is 6.54 Å². The summed E-state index contributed by atoms with van der Waals surface area (Å²) in [5.74, 6) is 1.48. The van der Waals surface area contributed by atoms with Crippen LogP contribution < -0.4 is 14.8 Å². The van der Waals surface area contributed by atoms with Crippen molar-refractivity contribution in [3.63, 3.8) is 0 Å². The molecular formula is C18H26IN5O3S. The highest BCUT2D eigenvalue weighted by molar-refractivity contribution is 14.0. The Morgan fingerprint density at radius 1 is 1.18 bits per heavy atom. The second kappa shape index (κ2) is 12.5. The molecule has 28 heavy (non-hydrogen) atoms. The van der Waals surface area contributed by atoms with Crippen molar-refractivity contribution in [2.75, 3.05) is 40.3 Å². The predicted octanol–water partition coefficient (Wildman–Crippen LogP) is 1.56. The fourth-order valence-corrected chi connectivity index (χ4v) is 3.25. The largest absolute Gasteiger partial charge is 0.492 e. The second-order valence-corrected chi connectivity index (χ2v) is 7.41. The molecule has 10 heteroatoms. The van der Waals surface area contributed by atoms with Crippen LogP contribution in [0.2, 0.25) is 0 Å². The molecule has 0 bridgehead atoms. The molecule has 1 aromatic carbocycles. The number of rotatable bonds is 9. The number of aromatic nitrogens is 1. The molecule has 0 saturated heterocycles. The molecule has 1 aromatic heterocycles. The molecule has 0 radical (unpaired) electrons. The first-order valence-electron chi connectivity index (χ1n) is 8.52. The van der Waals surface area contributed by atoms with Gasteiger partial charge in [0.15, 0.2) is 5.96 Å². The van der Waals surface area contributed by atoms with E-state index in [0.717, 1.165) is 5.75 Å². The van der Waals surface area contributed by atoms with Crippen LogP contribution in [-0.2, 0) is 10.0 Å². The Kier molecular flexibility index (Phi) is 10.8. The van der Waals surface area contributed by atoms with Crippen LogP contribution in [-0.4, -0.2) is 64.6 Å². The fraction of sp³-hybridized carbons (Fsp3) is 0.333. The average Bonchev–Trinajstić information content (AvgIpc) is 2.69. The third-order valence-corrected chi connectivity index (χ3v) is 5.10. The lowest BCUT2D eigenvalue weighted by Gasteiger charge is -2.22. The number of aliphatic imine (C=N–C) groups is 1. The number of sulfonamides is 1. The number of guanidine groups is 1. The predicted molar refractivity (Wildman–Crippen MR) is 121 cm³/mol. The van der Waals surface area contributed by atoms with Crippen LogP contribution >= 0.6 is 24.0 Å². The van der Waals surface area contributed by atoms with Crippen LogP contribution in [0.25, 0.3) is 0 Å². The summed E-state index contributed by atoms with van der Waals surface area (Å²) in [5.41, 5.74) is 0. The van der Waals surface area contributed by atoms with Crippen LogP contribution in [0.4, 0.5) is 0 Å². The van der Waals surface area contributed by atoms with Gasteiger partial charge in [-0.15, -0.1) is 24.0 Å². The summed E-state index contributed by atoms with van der Waals surface area (Å²) in [5, 5.41) is 3.12. The molecule has 2 rings (SSSR count). The number of benzene rings is 1. The molecule has 0 aliphatic carbocycles. The highest BCUT2D eigenvalue weighted by atomic mass is 127. The molecule has 2 aromatic rings. The van der Waals surface area contributed by atoms with Gasteiger partial charge in [0, 0.05) is 39.6 Å². The van der Waals surface area contributed by atoms with Gasteiger partial charge in [0.2, 0.25) is 10.0 Å². The zero-order valence-electron chi connectivity index (χ0n) is 15.9. The van der Waals surface area contributed by atoms with E-state index < -0.39 is 10.0 Å². The van der Waals surface area contributed by atoms with Crippen molar-refractivity contribution in [3.05, 3.63) is 54.9 Å².